The van der Waals surface area contributed by atoms with E-state index >= 15 is 0 Å². The Morgan fingerprint density at radius 3 is 2.60 bits per heavy atom. The van der Waals surface area contributed by atoms with Crippen molar-refractivity contribution in [3.05, 3.63) is 69.7 Å². The average Bonchev–Trinajstić information content (AvgIpc) is 2.87. The van der Waals surface area contributed by atoms with Crippen LogP contribution in [-0.4, -0.2) is 5.11 Å². The number of fused-ring (bicyclic) bond motifs is 1. The van der Waals surface area contributed by atoms with Crippen LogP contribution in [0, 0.1) is 5.82 Å². The van der Waals surface area contributed by atoms with Crippen LogP contribution in [0.2, 0.25) is 10.0 Å². The molecule has 0 bridgehead atoms. The minimum atomic E-state index is -1.10. The zero-order chi connectivity index (χ0) is 14.3. The van der Waals surface area contributed by atoms with Gasteiger partial charge in [0.05, 0.1) is 10.0 Å². The molecule has 1 heterocycles. The summed E-state index contributed by atoms with van der Waals surface area (Å²) in [5.74, 6) is -0.257. The molecule has 1 aromatic heterocycles. The van der Waals surface area contributed by atoms with Crippen molar-refractivity contribution in [3.8, 4) is 0 Å². The van der Waals surface area contributed by atoms with E-state index in [0.717, 1.165) is 0 Å². The number of rotatable bonds is 2. The van der Waals surface area contributed by atoms with E-state index in [2.05, 4.69) is 0 Å². The van der Waals surface area contributed by atoms with Crippen LogP contribution in [0.3, 0.4) is 0 Å². The van der Waals surface area contributed by atoms with Crippen LogP contribution in [0.15, 0.2) is 46.9 Å². The fourth-order valence-electron chi connectivity index (χ4n) is 2.07. The molecule has 20 heavy (non-hydrogen) atoms. The first-order chi connectivity index (χ1) is 9.58. The van der Waals surface area contributed by atoms with Gasteiger partial charge in [-0.05, 0) is 18.2 Å². The molecule has 1 N–H and O–H groups in total. The van der Waals surface area contributed by atoms with Crippen molar-refractivity contribution < 1.29 is 13.9 Å². The molecule has 2 aromatic carbocycles. The molecule has 0 fully saturated rings. The van der Waals surface area contributed by atoms with Gasteiger partial charge in [-0.3, -0.25) is 0 Å². The highest BCUT2D eigenvalue weighted by Gasteiger charge is 2.20. The van der Waals surface area contributed by atoms with Gasteiger partial charge in [-0.2, -0.15) is 0 Å². The average molecular weight is 311 g/mol. The molecule has 1 atom stereocenters. The molecule has 0 aliphatic rings. The summed E-state index contributed by atoms with van der Waals surface area (Å²) in [6.07, 6.45) is -1.10. The van der Waals surface area contributed by atoms with Crippen LogP contribution >= 0.6 is 23.2 Å². The molecule has 0 aliphatic heterocycles. The number of hydrogen-bond donors (Lipinski definition) is 1. The number of furan rings is 1. The monoisotopic (exact) mass is 310 g/mol. The Hall–Kier alpha value is -1.55. The summed E-state index contributed by atoms with van der Waals surface area (Å²) in [5, 5.41) is 11.5. The summed E-state index contributed by atoms with van der Waals surface area (Å²) >= 11 is 12.0. The summed E-state index contributed by atoms with van der Waals surface area (Å²) in [4.78, 5) is 0. The Bertz CT molecular complexity index is 783. The van der Waals surface area contributed by atoms with Crippen molar-refractivity contribution in [1.29, 1.82) is 0 Å². The second kappa shape index (κ2) is 5.09. The van der Waals surface area contributed by atoms with E-state index in [9.17, 15) is 9.50 Å². The lowest BCUT2D eigenvalue weighted by atomic mass is 10.1. The Morgan fingerprint density at radius 2 is 1.85 bits per heavy atom. The Kier molecular flexibility index (Phi) is 3.42. The highest BCUT2D eigenvalue weighted by atomic mass is 35.5. The van der Waals surface area contributed by atoms with E-state index in [-0.39, 0.29) is 16.4 Å². The third-order valence-corrected chi connectivity index (χ3v) is 3.89. The first-order valence-corrected chi connectivity index (χ1v) is 6.63. The summed E-state index contributed by atoms with van der Waals surface area (Å²) in [7, 11) is 0. The van der Waals surface area contributed by atoms with Gasteiger partial charge in [0.25, 0.3) is 0 Å². The molecule has 3 rings (SSSR count). The maximum absolute atomic E-state index is 13.6. The van der Waals surface area contributed by atoms with E-state index in [4.69, 9.17) is 27.6 Å². The maximum Gasteiger partial charge on any atom is 0.170 e. The molecular formula is C15H9Cl2FO2. The highest BCUT2D eigenvalue weighted by molar-refractivity contribution is 6.42. The number of aliphatic hydroxyl groups is 1. The second-order valence-electron chi connectivity index (χ2n) is 4.35. The normalized spacial score (nSPS) is 12.8. The molecule has 0 radical (unpaired) electrons. The van der Waals surface area contributed by atoms with Gasteiger partial charge >= 0.3 is 0 Å². The lowest BCUT2D eigenvalue weighted by molar-refractivity contribution is 0.192. The molecule has 102 valence electrons. The van der Waals surface area contributed by atoms with Crippen molar-refractivity contribution in [2.75, 3.05) is 0 Å². The van der Waals surface area contributed by atoms with Crippen LogP contribution in [0.1, 0.15) is 17.4 Å². The first kappa shape index (κ1) is 13.4. The van der Waals surface area contributed by atoms with Gasteiger partial charge < -0.3 is 9.52 Å². The number of aliphatic hydroxyl groups excluding tert-OH is 1. The zero-order valence-electron chi connectivity index (χ0n) is 10.1. The van der Waals surface area contributed by atoms with Crippen molar-refractivity contribution in [1.82, 2.24) is 0 Å². The molecule has 3 aromatic rings. The largest absolute Gasteiger partial charge is 0.455 e. The van der Waals surface area contributed by atoms with Gasteiger partial charge in [0.2, 0.25) is 0 Å². The molecule has 0 aliphatic carbocycles. The molecule has 0 amide bonds. The quantitative estimate of drug-likeness (QED) is 0.725. The standard InChI is InChI=1S/C15H9Cl2FO2/c16-10-5-2-4-9(13(10)17)14(19)12-7-8-3-1-6-11(18)15(8)20-12/h1-7,14,19H. The molecule has 0 saturated heterocycles. The Morgan fingerprint density at radius 1 is 1.10 bits per heavy atom. The van der Waals surface area contributed by atoms with Crippen LogP contribution in [0.4, 0.5) is 4.39 Å². The van der Waals surface area contributed by atoms with Gasteiger partial charge in [0.15, 0.2) is 11.4 Å². The Labute approximate surface area is 124 Å². The van der Waals surface area contributed by atoms with E-state index in [1.807, 2.05) is 0 Å². The highest BCUT2D eigenvalue weighted by Crippen LogP contribution is 2.35. The minimum Gasteiger partial charge on any atom is -0.455 e. The summed E-state index contributed by atoms with van der Waals surface area (Å²) < 4.78 is 19.0. The van der Waals surface area contributed by atoms with Gasteiger partial charge in [-0.15, -0.1) is 0 Å². The van der Waals surface area contributed by atoms with E-state index < -0.39 is 11.9 Å². The topological polar surface area (TPSA) is 33.4 Å². The van der Waals surface area contributed by atoms with Crippen molar-refractivity contribution in [2.45, 2.75) is 6.10 Å². The summed E-state index contributed by atoms with van der Waals surface area (Å²) in [6.45, 7) is 0. The number of para-hydroxylation sites is 1. The SMILES string of the molecule is OC(c1cc2cccc(F)c2o1)c1cccc(Cl)c1Cl. The van der Waals surface area contributed by atoms with Gasteiger partial charge in [0.1, 0.15) is 11.9 Å². The molecule has 5 heteroatoms. The number of hydrogen-bond acceptors (Lipinski definition) is 2. The molecule has 0 saturated carbocycles. The summed E-state index contributed by atoms with van der Waals surface area (Å²) in [5.41, 5.74) is 0.526. The number of benzene rings is 2. The van der Waals surface area contributed by atoms with E-state index in [0.29, 0.717) is 16.0 Å². The summed E-state index contributed by atoms with van der Waals surface area (Å²) in [6, 6.07) is 11.1. The predicted molar refractivity (Wildman–Crippen MR) is 76.7 cm³/mol. The fourth-order valence-corrected chi connectivity index (χ4v) is 2.48. The van der Waals surface area contributed by atoms with Crippen molar-refractivity contribution in [3.63, 3.8) is 0 Å². The molecule has 1 unspecified atom stereocenters. The van der Waals surface area contributed by atoms with Crippen molar-refractivity contribution >= 4 is 34.2 Å². The van der Waals surface area contributed by atoms with Gasteiger partial charge in [0, 0.05) is 10.9 Å². The Balaban J connectivity index is 2.10. The van der Waals surface area contributed by atoms with Crippen LogP contribution in [0.25, 0.3) is 11.0 Å². The maximum atomic E-state index is 13.6. The smallest absolute Gasteiger partial charge is 0.170 e. The van der Waals surface area contributed by atoms with Gasteiger partial charge in [-0.25, -0.2) is 4.39 Å². The lowest BCUT2D eigenvalue weighted by Crippen LogP contribution is -1.99. The first-order valence-electron chi connectivity index (χ1n) is 5.88. The molecular weight excluding hydrogens is 302 g/mol. The molecule has 2 nitrogen and oxygen atoms in total. The van der Waals surface area contributed by atoms with Crippen LogP contribution in [-0.2, 0) is 0 Å². The minimum absolute atomic E-state index is 0.111. The van der Waals surface area contributed by atoms with Crippen molar-refractivity contribution in [2.24, 2.45) is 0 Å². The van der Waals surface area contributed by atoms with E-state index in [1.54, 1.807) is 36.4 Å². The zero-order valence-corrected chi connectivity index (χ0v) is 11.6. The third kappa shape index (κ3) is 2.18. The molecule has 0 spiro atoms. The van der Waals surface area contributed by atoms with Gasteiger partial charge in [-0.1, -0.05) is 47.5 Å². The number of halogens is 3. The third-order valence-electron chi connectivity index (χ3n) is 3.06. The van der Waals surface area contributed by atoms with Crippen LogP contribution in [0.5, 0.6) is 0 Å². The predicted octanol–water partition coefficient (Wildman–Crippen LogP) is 4.96. The lowest BCUT2D eigenvalue weighted by Gasteiger charge is -2.10. The second-order valence-corrected chi connectivity index (χ2v) is 5.14. The fraction of sp³-hybridized carbons (Fsp3) is 0.0667. The van der Waals surface area contributed by atoms with Crippen LogP contribution < -0.4 is 0 Å². The van der Waals surface area contributed by atoms with E-state index in [1.165, 1.54) is 6.07 Å².